The summed E-state index contributed by atoms with van der Waals surface area (Å²) in [5, 5.41) is 5.36. The van der Waals surface area contributed by atoms with Gasteiger partial charge in [0.15, 0.2) is 0 Å². The monoisotopic (exact) mass is 918 g/mol. The molecule has 1 radical (unpaired) electrons. The zero-order valence-corrected chi connectivity index (χ0v) is 34.9. The minimum Gasteiger partial charge on any atom is -0.500 e. The summed E-state index contributed by atoms with van der Waals surface area (Å²) >= 11 is 0. The van der Waals surface area contributed by atoms with E-state index in [9.17, 15) is 4.39 Å². The van der Waals surface area contributed by atoms with E-state index >= 15 is 0 Å². The van der Waals surface area contributed by atoms with E-state index in [4.69, 9.17) is 12.1 Å². The number of aromatic nitrogens is 3. The van der Waals surface area contributed by atoms with Crippen molar-refractivity contribution in [3.63, 3.8) is 0 Å². The number of rotatable bonds is 6. The van der Waals surface area contributed by atoms with Crippen molar-refractivity contribution in [1.29, 1.82) is 0 Å². The van der Waals surface area contributed by atoms with Crippen molar-refractivity contribution in [3.8, 4) is 22.6 Å². The number of imidazole rings is 1. The van der Waals surface area contributed by atoms with E-state index in [0.29, 0.717) is 17.7 Å². The fourth-order valence-electron chi connectivity index (χ4n) is 7.04. The maximum atomic E-state index is 13.9. The molecule has 0 fully saturated rings. The van der Waals surface area contributed by atoms with E-state index in [1.54, 1.807) is 6.07 Å². The van der Waals surface area contributed by atoms with E-state index in [-0.39, 0.29) is 32.8 Å². The normalized spacial score (nSPS) is 12.3. The standard InChI is InChI=1S/C30H18FN2O.C18H24NSi.Ir/c31-22-13-14-23-24-11-6-12-25(29(24)34-28(23)17-22)30-32-26-15-20-9-4-5-10-21(20)16-27(26)33(30)18-19-7-2-1-3-8-19;1-13(2)16-11-17(15-9-7-14(3)8-10-15)19-12-18(16)20(4,5)6;/h1-11,13-17H,18H2;7-9,11-13H,1-6H3;/q2*-1;/i;3D,13D;. The first-order chi connectivity index (χ1) is 26.9. The average molecular weight is 918 g/mol. The fraction of sp³-hybridized carbons (Fsp3) is 0.167. The number of pyridine rings is 1. The van der Waals surface area contributed by atoms with Crippen molar-refractivity contribution in [2.75, 3.05) is 0 Å². The second-order valence-electron chi connectivity index (χ2n) is 15.0. The number of aryl methyl sites for hydroxylation is 1. The molecular weight excluding hydrogens is 874 g/mol. The van der Waals surface area contributed by atoms with Crippen molar-refractivity contribution in [1.82, 2.24) is 14.5 Å². The van der Waals surface area contributed by atoms with Crippen molar-refractivity contribution in [3.05, 3.63) is 162 Å². The molecule has 0 spiro atoms. The van der Waals surface area contributed by atoms with Crippen LogP contribution in [0.2, 0.25) is 19.6 Å². The van der Waals surface area contributed by atoms with Crippen LogP contribution in [-0.2, 0) is 26.7 Å². The van der Waals surface area contributed by atoms with Gasteiger partial charge >= 0.3 is 0 Å². The van der Waals surface area contributed by atoms with Crippen LogP contribution < -0.4 is 5.19 Å². The Hall–Kier alpha value is -5.20. The summed E-state index contributed by atoms with van der Waals surface area (Å²) in [6.07, 6.45) is 1.96. The van der Waals surface area contributed by atoms with Crippen LogP contribution in [-0.4, -0.2) is 22.6 Å². The molecule has 3 aromatic heterocycles. The average Bonchev–Trinajstić information content (AvgIpc) is 3.73. The molecule has 9 aromatic rings. The summed E-state index contributed by atoms with van der Waals surface area (Å²) in [5.74, 6) is -0.187. The molecule has 0 aliphatic rings. The summed E-state index contributed by atoms with van der Waals surface area (Å²) in [7, 11) is -1.54. The Morgan fingerprint density at radius 2 is 1.64 bits per heavy atom. The predicted octanol–water partition coefficient (Wildman–Crippen LogP) is 12.3. The van der Waals surface area contributed by atoms with Crippen LogP contribution >= 0.6 is 0 Å². The van der Waals surface area contributed by atoms with Gasteiger partial charge in [0.2, 0.25) is 0 Å². The molecule has 3 heterocycles. The van der Waals surface area contributed by atoms with Crippen LogP contribution in [0.5, 0.6) is 0 Å². The molecule has 0 atom stereocenters. The Labute approximate surface area is 339 Å². The molecular formula is C48H42FIrN3OSi-2. The second-order valence-corrected chi connectivity index (χ2v) is 20.0. The largest absolute Gasteiger partial charge is 0.500 e. The molecule has 55 heavy (non-hydrogen) atoms. The first kappa shape index (κ1) is 35.5. The first-order valence-corrected chi connectivity index (χ1v) is 21.6. The molecule has 0 amide bonds. The Morgan fingerprint density at radius 3 is 2.35 bits per heavy atom. The zero-order valence-electron chi connectivity index (χ0n) is 33.5. The Morgan fingerprint density at radius 1 is 0.873 bits per heavy atom. The van der Waals surface area contributed by atoms with Gasteiger partial charge in [-0.15, -0.1) is 53.6 Å². The Balaban J connectivity index is 0.000000189. The topological polar surface area (TPSA) is 43.9 Å². The summed E-state index contributed by atoms with van der Waals surface area (Å²) in [4.78, 5) is 9.68. The quantitative estimate of drug-likeness (QED) is 0.123. The van der Waals surface area contributed by atoms with E-state index in [1.807, 2.05) is 80.7 Å². The second kappa shape index (κ2) is 15.5. The Kier molecular flexibility index (Phi) is 10.0. The maximum Gasteiger partial charge on any atom is 0.126 e. The number of furan rings is 1. The van der Waals surface area contributed by atoms with Crippen LogP contribution in [0, 0.1) is 24.8 Å². The van der Waals surface area contributed by atoms with Crippen molar-refractivity contribution in [2.45, 2.75) is 52.8 Å². The van der Waals surface area contributed by atoms with Crippen molar-refractivity contribution < 1.29 is 31.7 Å². The van der Waals surface area contributed by atoms with Gasteiger partial charge in [-0.3, -0.25) is 4.98 Å². The summed E-state index contributed by atoms with van der Waals surface area (Å²) in [6.45, 7) is 11.6. The summed E-state index contributed by atoms with van der Waals surface area (Å²) in [5.41, 5.74) is 8.88. The van der Waals surface area contributed by atoms with Crippen LogP contribution in [0.25, 0.3) is 66.4 Å². The molecule has 0 saturated carbocycles. The number of nitrogens with zero attached hydrogens (tertiary/aromatic N) is 3. The third-order valence-corrected chi connectivity index (χ3v) is 11.8. The third-order valence-electron chi connectivity index (χ3n) is 9.82. The molecule has 4 nitrogen and oxygen atoms in total. The summed E-state index contributed by atoms with van der Waals surface area (Å²) in [6, 6.07) is 45.8. The van der Waals surface area contributed by atoms with Crippen LogP contribution in [0.4, 0.5) is 4.39 Å². The molecule has 0 bridgehead atoms. The number of halogens is 1. The minimum absolute atomic E-state index is 0. The molecule has 0 saturated heterocycles. The summed E-state index contributed by atoms with van der Waals surface area (Å²) < 4.78 is 38.1. The fourth-order valence-corrected chi connectivity index (χ4v) is 8.62. The zero-order chi connectivity index (χ0) is 39.2. The molecule has 0 aliphatic carbocycles. The van der Waals surface area contributed by atoms with Crippen LogP contribution in [0.1, 0.15) is 39.2 Å². The van der Waals surface area contributed by atoms with Gasteiger partial charge in [0.05, 0.1) is 30.5 Å². The van der Waals surface area contributed by atoms with E-state index in [0.717, 1.165) is 66.4 Å². The van der Waals surface area contributed by atoms with Gasteiger partial charge in [0.1, 0.15) is 11.4 Å². The van der Waals surface area contributed by atoms with Crippen molar-refractivity contribution in [2.24, 2.45) is 0 Å². The third kappa shape index (κ3) is 7.70. The molecule has 277 valence electrons. The maximum absolute atomic E-state index is 13.9. The number of fused-ring (bicyclic) bond motifs is 5. The molecule has 0 N–H and O–H groups in total. The number of hydrogen-bond donors (Lipinski definition) is 0. The Bertz CT molecular complexity index is 2860. The number of hydrogen-bond acceptors (Lipinski definition) is 3. The first-order valence-electron chi connectivity index (χ1n) is 19.3. The molecule has 0 aliphatic heterocycles. The van der Waals surface area contributed by atoms with Gasteiger partial charge in [-0.2, -0.15) is 0 Å². The van der Waals surface area contributed by atoms with Gasteiger partial charge in [-0.05, 0) is 57.4 Å². The van der Waals surface area contributed by atoms with Crippen LogP contribution in [0.15, 0.2) is 132 Å². The van der Waals surface area contributed by atoms with Gasteiger partial charge in [-0.25, -0.2) is 4.39 Å². The minimum atomic E-state index is -1.54. The molecule has 6 aromatic carbocycles. The van der Waals surface area contributed by atoms with E-state index < -0.39 is 14.0 Å². The van der Waals surface area contributed by atoms with E-state index in [1.165, 1.54) is 22.9 Å². The van der Waals surface area contributed by atoms with Gasteiger partial charge in [0, 0.05) is 47.0 Å². The van der Waals surface area contributed by atoms with E-state index in [2.05, 4.69) is 83.8 Å². The molecule has 0 unspecified atom stereocenters. The predicted molar refractivity (Wildman–Crippen MR) is 225 cm³/mol. The van der Waals surface area contributed by atoms with Crippen LogP contribution in [0.3, 0.4) is 0 Å². The van der Waals surface area contributed by atoms with Gasteiger partial charge < -0.3 is 14.0 Å². The number of benzene rings is 6. The molecule has 9 rings (SSSR count). The van der Waals surface area contributed by atoms with Gasteiger partial charge in [0.25, 0.3) is 0 Å². The molecule has 7 heteroatoms. The smallest absolute Gasteiger partial charge is 0.126 e. The van der Waals surface area contributed by atoms with Crippen molar-refractivity contribution >= 4 is 57.0 Å². The SMILES string of the molecule is Fc1ccc2c(c1)oc1c(-c3nc4cc5ccccc5cc4n3Cc3ccccc3)[c-]ccc12.[2H]Cc1c[c-]c(-c2cc(C([2H])(C)C)c([Si](C)(C)C)cn2)cc1.[Ir]. The van der Waals surface area contributed by atoms with Gasteiger partial charge in [-0.1, -0.05) is 118 Å².